The highest BCUT2D eigenvalue weighted by Crippen LogP contribution is 2.52. The lowest BCUT2D eigenvalue weighted by atomic mass is 9.68. The smallest absolute Gasteiger partial charge is 0.306 e. The molecule has 162 valence electrons. The van der Waals surface area contributed by atoms with Gasteiger partial charge in [-0.1, -0.05) is 34.1 Å². The summed E-state index contributed by atoms with van der Waals surface area (Å²) in [5.74, 6) is -0.763. The van der Waals surface area contributed by atoms with Gasteiger partial charge in [0.2, 0.25) is 0 Å². The van der Waals surface area contributed by atoms with Gasteiger partial charge >= 0.3 is 11.9 Å². The molecule has 0 radical (unpaired) electrons. The Morgan fingerprint density at radius 2 is 2.00 bits per heavy atom. The normalized spacial score (nSPS) is 32.0. The van der Waals surface area contributed by atoms with Gasteiger partial charge < -0.3 is 19.3 Å². The minimum atomic E-state index is -0.846. The van der Waals surface area contributed by atoms with Crippen LogP contribution in [0.4, 0.5) is 0 Å². The summed E-state index contributed by atoms with van der Waals surface area (Å²) in [5, 5.41) is 9.21. The molecule has 0 aromatic carbocycles. The molecule has 2 bridgehead atoms. The first-order valence-corrected chi connectivity index (χ1v) is 10.7. The van der Waals surface area contributed by atoms with E-state index in [1.165, 1.54) is 6.92 Å². The number of carbonyl (C=O) groups is 2. The molecule has 0 amide bonds. The SMILES string of the molecule is CCCC(C)C(CCC(C)(C)C1(C)OCC2(CC(=O)O)CCC1O2)OC(C)=O. The van der Waals surface area contributed by atoms with Gasteiger partial charge in [0, 0.05) is 6.92 Å². The van der Waals surface area contributed by atoms with Crippen molar-refractivity contribution in [1.29, 1.82) is 0 Å². The van der Waals surface area contributed by atoms with Crippen LogP contribution in [0.5, 0.6) is 0 Å². The van der Waals surface area contributed by atoms with E-state index in [2.05, 4.69) is 34.6 Å². The maximum Gasteiger partial charge on any atom is 0.306 e. The Labute approximate surface area is 169 Å². The average molecular weight is 399 g/mol. The maximum absolute atomic E-state index is 11.6. The van der Waals surface area contributed by atoms with Gasteiger partial charge in [0.25, 0.3) is 0 Å². The summed E-state index contributed by atoms with van der Waals surface area (Å²) < 4.78 is 18.2. The van der Waals surface area contributed by atoms with Crippen LogP contribution in [0.15, 0.2) is 0 Å². The van der Waals surface area contributed by atoms with Crippen molar-refractivity contribution in [1.82, 2.24) is 0 Å². The molecule has 2 fully saturated rings. The Morgan fingerprint density at radius 3 is 2.57 bits per heavy atom. The van der Waals surface area contributed by atoms with E-state index in [0.717, 1.165) is 38.5 Å². The van der Waals surface area contributed by atoms with Crippen molar-refractivity contribution in [2.45, 2.75) is 110 Å². The van der Waals surface area contributed by atoms with Crippen LogP contribution in [-0.2, 0) is 23.8 Å². The summed E-state index contributed by atoms with van der Waals surface area (Å²) in [6, 6.07) is 0. The minimum absolute atomic E-state index is 0.0108. The summed E-state index contributed by atoms with van der Waals surface area (Å²) >= 11 is 0. The van der Waals surface area contributed by atoms with E-state index in [9.17, 15) is 14.7 Å². The van der Waals surface area contributed by atoms with E-state index in [4.69, 9.17) is 14.2 Å². The third-order valence-electron chi connectivity index (χ3n) is 7.07. The van der Waals surface area contributed by atoms with Gasteiger partial charge in [0.1, 0.15) is 11.7 Å². The Balaban J connectivity index is 2.06. The lowest BCUT2D eigenvalue weighted by Crippen LogP contribution is -2.60. The molecular formula is C22H38O6. The quantitative estimate of drug-likeness (QED) is 0.551. The van der Waals surface area contributed by atoms with Gasteiger partial charge in [-0.05, 0) is 50.4 Å². The molecule has 0 aliphatic carbocycles. The van der Waals surface area contributed by atoms with Crippen LogP contribution in [-0.4, -0.2) is 47.1 Å². The predicted molar refractivity (Wildman–Crippen MR) is 106 cm³/mol. The first kappa shape index (κ1) is 23.1. The molecule has 0 spiro atoms. The first-order valence-electron chi connectivity index (χ1n) is 10.7. The molecule has 0 saturated carbocycles. The number of carbonyl (C=O) groups excluding carboxylic acids is 1. The molecule has 0 aromatic heterocycles. The monoisotopic (exact) mass is 398 g/mol. The van der Waals surface area contributed by atoms with E-state index in [1.807, 2.05) is 0 Å². The zero-order valence-corrected chi connectivity index (χ0v) is 18.4. The largest absolute Gasteiger partial charge is 0.481 e. The van der Waals surface area contributed by atoms with Crippen LogP contribution >= 0.6 is 0 Å². The van der Waals surface area contributed by atoms with Crippen molar-refractivity contribution in [2.24, 2.45) is 11.3 Å². The molecule has 6 nitrogen and oxygen atoms in total. The predicted octanol–water partition coefficient (Wildman–Crippen LogP) is 4.34. The van der Waals surface area contributed by atoms with E-state index in [-0.39, 0.29) is 30.0 Å². The number of hydrogen-bond donors (Lipinski definition) is 1. The Morgan fingerprint density at radius 1 is 1.32 bits per heavy atom. The summed E-state index contributed by atoms with van der Waals surface area (Å²) in [4.78, 5) is 22.8. The molecular weight excluding hydrogens is 360 g/mol. The second kappa shape index (κ2) is 8.70. The molecule has 6 heteroatoms. The molecule has 5 atom stereocenters. The van der Waals surface area contributed by atoms with Gasteiger partial charge in [-0.15, -0.1) is 0 Å². The molecule has 5 unspecified atom stereocenters. The molecule has 0 aromatic rings. The molecule has 2 rings (SSSR count). The molecule has 2 aliphatic heterocycles. The third-order valence-corrected chi connectivity index (χ3v) is 7.07. The van der Waals surface area contributed by atoms with E-state index >= 15 is 0 Å². The number of carboxylic acids is 1. The van der Waals surface area contributed by atoms with E-state index in [0.29, 0.717) is 12.5 Å². The number of esters is 1. The van der Waals surface area contributed by atoms with Crippen LogP contribution in [0.1, 0.15) is 86.5 Å². The van der Waals surface area contributed by atoms with Crippen LogP contribution in [0.25, 0.3) is 0 Å². The standard InChI is InChI=1S/C22H38O6/c1-7-8-15(2)17(27-16(3)23)9-11-20(4,5)21(6)18-10-12-22(28-18,14-26-21)13-19(24)25/h15,17-18H,7-14H2,1-6H3,(H,24,25). The van der Waals surface area contributed by atoms with Gasteiger partial charge in [0.05, 0.1) is 24.7 Å². The van der Waals surface area contributed by atoms with E-state index in [1.54, 1.807) is 0 Å². The van der Waals surface area contributed by atoms with Crippen molar-refractivity contribution >= 4 is 11.9 Å². The molecule has 2 heterocycles. The van der Waals surface area contributed by atoms with Gasteiger partial charge in [-0.3, -0.25) is 9.59 Å². The Kier molecular flexibility index (Phi) is 7.19. The number of fused-ring (bicyclic) bond motifs is 2. The Bertz CT molecular complexity index is 573. The number of aliphatic carboxylic acids is 1. The second-order valence-corrected chi connectivity index (χ2v) is 9.63. The summed E-state index contributed by atoms with van der Waals surface area (Å²) in [5.41, 5.74) is -1.38. The molecule has 28 heavy (non-hydrogen) atoms. The van der Waals surface area contributed by atoms with Crippen LogP contribution in [0, 0.1) is 11.3 Å². The lowest BCUT2D eigenvalue weighted by Gasteiger charge is -2.52. The summed E-state index contributed by atoms with van der Waals surface area (Å²) in [6.07, 6.45) is 5.01. The lowest BCUT2D eigenvalue weighted by molar-refractivity contribution is -0.274. The van der Waals surface area contributed by atoms with Crippen molar-refractivity contribution in [2.75, 3.05) is 6.61 Å². The summed E-state index contributed by atoms with van der Waals surface area (Å²) in [7, 11) is 0. The zero-order valence-electron chi connectivity index (χ0n) is 18.4. The topological polar surface area (TPSA) is 82.1 Å². The van der Waals surface area contributed by atoms with Crippen LogP contribution in [0.2, 0.25) is 0 Å². The minimum Gasteiger partial charge on any atom is -0.481 e. The third kappa shape index (κ3) is 4.88. The molecule has 1 N–H and O–H groups in total. The van der Waals surface area contributed by atoms with Gasteiger partial charge in [0.15, 0.2) is 0 Å². The van der Waals surface area contributed by atoms with Crippen molar-refractivity contribution in [3.8, 4) is 0 Å². The second-order valence-electron chi connectivity index (χ2n) is 9.63. The van der Waals surface area contributed by atoms with Crippen molar-refractivity contribution in [3.05, 3.63) is 0 Å². The van der Waals surface area contributed by atoms with Gasteiger partial charge in [-0.25, -0.2) is 0 Å². The Hall–Kier alpha value is -1.14. The fourth-order valence-electron chi connectivity index (χ4n) is 4.84. The average Bonchev–Trinajstić information content (AvgIpc) is 2.94. The maximum atomic E-state index is 11.6. The number of ether oxygens (including phenoxy) is 3. The van der Waals surface area contributed by atoms with E-state index < -0.39 is 17.2 Å². The van der Waals surface area contributed by atoms with Crippen LogP contribution < -0.4 is 0 Å². The highest BCUT2D eigenvalue weighted by molar-refractivity contribution is 5.68. The fraction of sp³-hybridized carbons (Fsp3) is 0.909. The summed E-state index contributed by atoms with van der Waals surface area (Å²) in [6.45, 7) is 12.5. The number of rotatable bonds is 10. The number of hydrogen-bond acceptors (Lipinski definition) is 5. The molecule has 2 aliphatic rings. The number of carboxylic acid groups (broad SMARTS) is 1. The fourth-order valence-corrected chi connectivity index (χ4v) is 4.84. The van der Waals surface area contributed by atoms with Gasteiger partial charge in [-0.2, -0.15) is 0 Å². The molecule has 2 saturated heterocycles. The highest BCUT2D eigenvalue weighted by Gasteiger charge is 2.59. The van der Waals surface area contributed by atoms with Crippen molar-refractivity contribution in [3.63, 3.8) is 0 Å². The zero-order chi connectivity index (χ0) is 21.2. The van der Waals surface area contributed by atoms with Crippen LogP contribution in [0.3, 0.4) is 0 Å². The van der Waals surface area contributed by atoms with Crippen molar-refractivity contribution < 1.29 is 28.9 Å². The first-order chi connectivity index (χ1) is 12.9. The highest BCUT2D eigenvalue weighted by atomic mass is 16.6.